The van der Waals surface area contributed by atoms with Gasteiger partial charge in [0.15, 0.2) is 17.0 Å². The molecule has 1 aliphatic heterocycles. The van der Waals surface area contributed by atoms with Crippen molar-refractivity contribution in [3.05, 3.63) is 39.7 Å². The monoisotopic (exact) mass is 334 g/mol. The molecule has 0 atom stereocenters. The fourth-order valence-corrected chi connectivity index (χ4v) is 3.25. The van der Waals surface area contributed by atoms with Crippen LogP contribution in [0.1, 0.15) is 36.2 Å². The molecule has 24 heavy (non-hydrogen) atoms. The summed E-state index contributed by atoms with van der Waals surface area (Å²) in [5.41, 5.74) is -0.898. The van der Waals surface area contributed by atoms with E-state index in [9.17, 15) is 19.1 Å². The highest BCUT2D eigenvalue weighted by molar-refractivity contribution is 5.98. The van der Waals surface area contributed by atoms with Gasteiger partial charge in [0.25, 0.3) is 0 Å². The van der Waals surface area contributed by atoms with Crippen LogP contribution >= 0.6 is 0 Å². The van der Waals surface area contributed by atoms with Crippen molar-refractivity contribution in [1.29, 1.82) is 0 Å². The number of carbonyl (C=O) groups is 1. The molecule has 0 bridgehead atoms. The highest BCUT2D eigenvalue weighted by Crippen LogP contribution is 2.40. The number of rotatable bonds is 3. The summed E-state index contributed by atoms with van der Waals surface area (Å²) in [5, 5.41) is 9.27. The molecule has 1 N–H and O–H groups in total. The van der Waals surface area contributed by atoms with Crippen molar-refractivity contribution in [2.24, 2.45) is 0 Å². The Kier molecular flexibility index (Phi) is 3.25. The van der Waals surface area contributed by atoms with Gasteiger partial charge in [-0.25, -0.2) is 8.78 Å². The van der Waals surface area contributed by atoms with Crippen molar-refractivity contribution < 1.29 is 18.7 Å². The van der Waals surface area contributed by atoms with E-state index in [2.05, 4.69) is 0 Å². The lowest BCUT2D eigenvalue weighted by Crippen LogP contribution is -2.51. The fraction of sp³-hybridized carbons (Fsp3) is 0.412. The molecule has 2 fully saturated rings. The van der Waals surface area contributed by atoms with Crippen LogP contribution in [-0.2, 0) is 0 Å². The minimum atomic E-state index is -0.855. The van der Waals surface area contributed by atoms with Crippen molar-refractivity contribution in [1.82, 2.24) is 4.57 Å². The number of β-amino-alcohol motifs (C(OH)–C–C–N with tert-alkyl or cyclic N) is 1. The number of pyridine rings is 1. The summed E-state index contributed by atoms with van der Waals surface area (Å²) in [6.07, 6.45) is 2.43. The van der Waals surface area contributed by atoms with Crippen molar-refractivity contribution in [2.75, 3.05) is 18.0 Å². The van der Waals surface area contributed by atoms with Gasteiger partial charge in [-0.1, -0.05) is 0 Å². The first kappa shape index (κ1) is 15.3. The van der Waals surface area contributed by atoms with E-state index < -0.39 is 29.0 Å². The topological polar surface area (TPSA) is 62.5 Å². The molecule has 2 aromatic rings. The SMILES string of the molecule is CC(=O)c1cn(C2CC2)c2c(F)c(N3CC(O)C3)c(F)cc2c1=O. The summed E-state index contributed by atoms with van der Waals surface area (Å²) in [6, 6.07) is 1.02. The van der Waals surface area contributed by atoms with E-state index in [1.807, 2.05) is 0 Å². The molecule has 1 aliphatic carbocycles. The van der Waals surface area contributed by atoms with Crippen LogP contribution < -0.4 is 10.3 Å². The predicted octanol–water partition coefficient (Wildman–Crippen LogP) is 2.00. The standard InChI is InChI=1S/C17H16F2N2O3/c1-8(22)12-7-21(9-2-3-9)15-11(17(12)24)4-13(18)16(14(15)19)20-5-10(23)6-20/h4,7,9-10,23H,2-3,5-6H2,1H3. The van der Waals surface area contributed by atoms with Crippen molar-refractivity contribution in [3.8, 4) is 0 Å². The van der Waals surface area contributed by atoms with Crippen molar-refractivity contribution >= 4 is 22.4 Å². The number of carbonyl (C=O) groups excluding carboxylic acids is 1. The number of hydrogen-bond donors (Lipinski definition) is 1. The number of fused-ring (bicyclic) bond motifs is 1. The number of hydrogen-bond acceptors (Lipinski definition) is 4. The van der Waals surface area contributed by atoms with Gasteiger partial charge in [0.2, 0.25) is 0 Å². The molecule has 126 valence electrons. The van der Waals surface area contributed by atoms with Crippen molar-refractivity contribution in [3.63, 3.8) is 0 Å². The molecular weight excluding hydrogens is 318 g/mol. The number of aliphatic hydroxyl groups excluding tert-OH is 1. The molecule has 2 heterocycles. The van der Waals surface area contributed by atoms with Crippen LogP contribution in [0, 0.1) is 11.6 Å². The minimum Gasteiger partial charge on any atom is -0.389 e. The maximum atomic E-state index is 15.1. The number of benzene rings is 1. The van der Waals surface area contributed by atoms with Crippen LogP contribution in [0.4, 0.5) is 14.5 Å². The zero-order chi connectivity index (χ0) is 17.2. The van der Waals surface area contributed by atoms with Gasteiger partial charge in [-0.15, -0.1) is 0 Å². The van der Waals surface area contributed by atoms with Gasteiger partial charge in [0.05, 0.1) is 22.6 Å². The zero-order valence-electron chi connectivity index (χ0n) is 13.1. The average molecular weight is 334 g/mol. The molecule has 1 saturated carbocycles. The molecular formula is C17H16F2N2O3. The smallest absolute Gasteiger partial charge is 0.200 e. The first-order chi connectivity index (χ1) is 11.4. The molecule has 5 nitrogen and oxygen atoms in total. The molecule has 2 aliphatic rings. The third kappa shape index (κ3) is 2.15. The normalized spacial score (nSPS) is 18.1. The molecule has 0 spiro atoms. The Morgan fingerprint density at radius 3 is 2.50 bits per heavy atom. The molecule has 1 aromatic carbocycles. The molecule has 0 amide bonds. The Balaban J connectivity index is 2.04. The second-order valence-electron chi connectivity index (χ2n) is 6.54. The van der Waals surface area contributed by atoms with Crippen LogP contribution in [0.5, 0.6) is 0 Å². The van der Waals surface area contributed by atoms with E-state index in [4.69, 9.17) is 0 Å². The quantitative estimate of drug-likeness (QED) is 0.872. The fourth-order valence-electron chi connectivity index (χ4n) is 3.25. The van der Waals surface area contributed by atoms with Crippen LogP contribution in [0.2, 0.25) is 0 Å². The van der Waals surface area contributed by atoms with Gasteiger partial charge < -0.3 is 14.6 Å². The molecule has 4 rings (SSSR count). The zero-order valence-corrected chi connectivity index (χ0v) is 13.1. The lowest BCUT2D eigenvalue weighted by atomic mass is 10.0. The predicted molar refractivity (Wildman–Crippen MR) is 84.6 cm³/mol. The molecule has 7 heteroatoms. The van der Waals surface area contributed by atoms with Crippen LogP contribution in [-0.4, -0.2) is 34.7 Å². The number of Topliss-reactive ketones (excluding diaryl/α,β-unsaturated/α-hetero) is 1. The molecule has 0 radical (unpaired) electrons. The second-order valence-corrected chi connectivity index (χ2v) is 6.54. The van der Waals surface area contributed by atoms with E-state index in [1.54, 1.807) is 4.57 Å². The molecule has 0 unspecified atom stereocenters. The third-order valence-electron chi connectivity index (χ3n) is 4.68. The van der Waals surface area contributed by atoms with E-state index >= 15 is 4.39 Å². The Hall–Kier alpha value is -2.28. The van der Waals surface area contributed by atoms with Crippen molar-refractivity contribution in [2.45, 2.75) is 31.9 Å². The number of aromatic nitrogens is 1. The maximum absolute atomic E-state index is 15.1. The van der Waals surface area contributed by atoms with Gasteiger partial charge in [0, 0.05) is 25.3 Å². The average Bonchev–Trinajstić information content (AvgIpc) is 3.30. The number of anilines is 1. The lowest BCUT2D eigenvalue weighted by Gasteiger charge is -2.38. The third-order valence-corrected chi connectivity index (χ3v) is 4.68. The van der Waals surface area contributed by atoms with E-state index in [0.29, 0.717) is 0 Å². The number of ketones is 1. The number of aliphatic hydroxyl groups is 1. The van der Waals surface area contributed by atoms with E-state index in [-0.39, 0.29) is 41.3 Å². The van der Waals surface area contributed by atoms with Crippen LogP contribution in [0.15, 0.2) is 17.1 Å². The summed E-state index contributed by atoms with van der Waals surface area (Å²) in [4.78, 5) is 25.6. The Labute approximate surface area is 136 Å². The first-order valence-corrected chi connectivity index (χ1v) is 7.89. The second kappa shape index (κ2) is 5.11. The van der Waals surface area contributed by atoms with Gasteiger partial charge in [-0.2, -0.15) is 0 Å². The summed E-state index contributed by atoms with van der Waals surface area (Å²) in [7, 11) is 0. The summed E-state index contributed by atoms with van der Waals surface area (Å²) >= 11 is 0. The minimum absolute atomic E-state index is 0.0148. The summed E-state index contributed by atoms with van der Waals surface area (Å²) in [6.45, 7) is 1.57. The Bertz CT molecular complexity index is 928. The van der Waals surface area contributed by atoms with E-state index in [1.165, 1.54) is 18.0 Å². The number of halogens is 2. The van der Waals surface area contributed by atoms with Gasteiger partial charge in [0.1, 0.15) is 11.5 Å². The summed E-state index contributed by atoms with van der Waals surface area (Å²) < 4.78 is 31.1. The van der Waals surface area contributed by atoms with Crippen LogP contribution in [0.25, 0.3) is 10.9 Å². The van der Waals surface area contributed by atoms with Crippen LogP contribution in [0.3, 0.4) is 0 Å². The summed E-state index contributed by atoms with van der Waals surface area (Å²) in [5.74, 6) is -2.09. The van der Waals surface area contributed by atoms with Gasteiger partial charge >= 0.3 is 0 Å². The first-order valence-electron chi connectivity index (χ1n) is 7.89. The molecule has 1 aromatic heterocycles. The Morgan fingerprint density at radius 1 is 1.29 bits per heavy atom. The van der Waals surface area contributed by atoms with Gasteiger partial charge in [-0.05, 0) is 25.8 Å². The largest absolute Gasteiger partial charge is 0.389 e. The van der Waals surface area contributed by atoms with Gasteiger partial charge in [-0.3, -0.25) is 9.59 Å². The highest BCUT2D eigenvalue weighted by Gasteiger charge is 2.33. The van der Waals surface area contributed by atoms with E-state index in [0.717, 1.165) is 18.9 Å². The lowest BCUT2D eigenvalue weighted by molar-refractivity contribution is 0.101. The highest BCUT2D eigenvalue weighted by atomic mass is 19.1. The Morgan fingerprint density at radius 2 is 1.96 bits per heavy atom. The number of nitrogens with zero attached hydrogens (tertiary/aromatic N) is 2. The molecule has 1 saturated heterocycles. The maximum Gasteiger partial charge on any atom is 0.200 e.